The number of hydrogen-bond acceptors (Lipinski definition) is 5. The van der Waals surface area contributed by atoms with Crippen LogP contribution in [0.3, 0.4) is 0 Å². The highest BCUT2D eigenvalue weighted by molar-refractivity contribution is 8.13. The molecule has 0 aromatic heterocycles. The number of aryl methyl sites for hydroxylation is 1. The minimum absolute atomic E-state index is 0.250. The van der Waals surface area contributed by atoms with E-state index in [1.54, 1.807) is 18.9 Å². The molecule has 2 rings (SSSR count). The Kier molecular flexibility index (Phi) is 18.4. The van der Waals surface area contributed by atoms with E-state index in [-0.39, 0.29) is 6.41 Å². The van der Waals surface area contributed by atoms with Crippen LogP contribution in [-0.4, -0.2) is 24.9 Å². The fraction of sp³-hybridized carbons (Fsp3) is 0.400. The lowest BCUT2D eigenvalue weighted by Gasteiger charge is -2.07. The summed E-state index contributed by atoms with van der Waals surface area (Å²) in [6, 6.07) is 16.2. The van der Waals surface area contributed by atoms with E-state index in [1.807, 2.05) is 30.5 Å². The van der Waals surface area contributed by atoms with Gasteiger partial charge in [-0.3, -0.25) is 10.2 Å². The molecule has 0 bridgehead atoms. The van der Waals surface area contributed by atoms with Crippen molar-refractivity contribution < 1.29 is 9.53 Å². The monoisotopic (exact) mass is 458 g/mol. The largest absolute Gasteiger partial charge is 0.497 e. The Morgan fingerprint density at radius 3 is 2.47 bits per heavy atom. The van der Waals surface area contributed by atoms with Crippen LogP contribution in [0.2, 0.25) is 0 Å². The predicted molar refractivity (Wildman–Crippen MR) is 140 cm³/mol. The van der Waals surface area contributed by atoms with Gasteiger partial charge in [-0.1, -0.05) is 81.3 Å². The Bertz CT molecular complexity index is 810. The van der Waals surface area contributed by atoms with Gasteiger partial charge in [-0.25, -0.2) is 4.99 Å². The second-order valence-corrected chi connectivity index (χ2v) is 7.77. The molecule has 7 heteroatoms. The lowest BCUT2D eigenvalue weighted by molar-refractivity contribution is -0.106. The highest BCUT2D eigenvalue weighted by atomic mass is 32.2. The van der Waals surface area contributed by atoms with Gasteiger partial charge >= 0.3 is 0 Å². The number of hydrogen-bond donors (Lipinski definition) is 2. The number of amidine groups is 1. The first-order valence-electron chi connectivity index (χ1n) is 10.9. The van der Waals surface area contributed by atoms with Crippen LogP contribution < -0.4 is 15.9 Å². The first kappa shape index (κ1) is 29.2. The number of nitrogens with two attached hydrogens (primary N) is 1. The van der Waals surface area contributed by atoms with Crippen LogP contribution in [-0.2, 0) is 10.5 Å². The number of amides is 1. The quantitative estimate of drug-likeness (QED) is 0.162. The highest BCUT2D eigenvalue weighted by Crippen LogP contribution is 2.22. The summed E-state index contributed by atoms with van der Waals surface area (Å²) in [7, 11) is 1.66. The van der Waals surface area contributed by atoms with Crippen molar-refractivity contribution in [1.29, 1.82) is 0 Å². The number of aliphatic imine (C=N–C) groups is 1. The van der Waals surface area contributed by atoms with Crippen LogP contribution in [0.15, 0.2) is 58.6 Å². The average Bonchev–Trinajstić information content (AvgIpc) is 2.78. The summed E-state index contributed by atoms with van der Waals surface area (Å²) < 4.78 is 5.28. The lowest BCUT2D eigenvalue weighted by atomic mass is 10.2. The molecule has 0 unspecified atom stereocenters. The zero-order valence-electron chi connectivity index (χ0n) is 20.0. The van der Waals surface area contributed by atoms with Crippen LogP contribution in [0.5, 0.6) is 5.75 Å². The first-order valence-corrected chi connectivity index (χ1v) is 11.9. The molecule has 0 fully saturated rings. The summed E-state index contributed by atoms with van der Waals surface area (Å²) in [5, 5.41) is 5.09. The van der Waals surface area contributed by atoms with Gasteiger partial charge in [0.2, 0.25) is 6.41 Å². The van der Waals surface area contributed by atoms with Gasteiger partial charge in [0, 0.05) is 18.0 Å². The number of benzene rings is 2. The van der Waals surface area contributed by atoms with Crippen molar-refractivity contribution in [3.63, 3.8) is 0 Å². The number of nitrogens with zero attached hydrogens (tertiary/aromatic N) is 2. The number of carbonyl (C=O) groups is 1. The molecule has 1 amide bonds. The van der Waals surface area contributed by atoms with Gasteiger partial charge in [0.1, 0.15) is 5.75 Å². The number of carbonyl (C=O) groups excluding carboxylic acids is 1. The van der Waals surface area contributed by atoms with Crippen LogP contribution >= 0.6 is 11.8 Å². The Balaban J connectivity index is 0.00000144. The summed E-state index contributed by atoms with van der Waals surface area (Å²) in [6.07, 6.45) is 6.69. The Hall–Kier alpha value is -2.80. The van der Waals surface area contributed by atoms with E-state index in [1.165, 1.54) is 24.0 Å². The minimum atomic E-state index is 0.250. The van der Waals surface area contributed by atoms with Crippen molar-refractivity contribution in [2.75, 3.05) is 7.11 Å². The summed E-state index contributed by atoms with van der Waals surface area (Å²) in [5.41, 5.74) is 10.6. The van der Waals surface area contributed by atoms with Gasteiger partial charge in [-0.15, -0.1) is 0 Å². The Morgan fingerprint density at radius 1 is 1.16 bits per heavy atom. The molecule has 2 aromatic carbocycles. The van der Waals surface area contributed by atoms with E-state index in [0.717, 1.165) is 35.2 Å². The third kappa shape index (κ3) is 15.1. The number of unbranched alkanes of at least 4 members (excludes halogenated alkanes) is 2. The van der Waals surface area contributed by atoms with Gasteiger partial charge < -0.3 is 10.5 Å². The minimum Gasteiger partial charge on any atom is -0.497 e. The molecule has 0 aliphatic carbocycles. The molecule has 0 aliphatic rings. The average molecular weight is 459 g/mol. The van der Waals surface area contributed by atoms with Crippen molar-refractivity contribution in [2.45, 2.75) is 59.1 Å². The molecular formula is C25H38N4O2S. The maximum Gasteiger partial charge on any atom is 0.204 e. The molecule has 0 saturated carbocycles. The van der Waals surface area contributed by atoms with Crippen LogP contribution in [0.1, 0.15) is 57.6 Å². The summed E-state index contributed by atoms with van der Waals surface area (Å²) in [5.74, 6) is 1.63. The topological polar surface area (TPSA) is 89.1 Å². The van der Waals surface area contributed by atoms with E-state index >= 15 is 0 Å². The molecule has 0 radical (unpaired) electrons. The molecule has 0 saturated heterocycles. The van der Waals surface area contributed by atoms with Crippen molar-refractivity contribution >= 4 is 35.2 Å². The zero-order chi connectivity index (χ0) is 24.0. The molecule has 3 N–H and O–H groups in total. The molecule has 0 heterocycles. The Labute approximate surface area is 197 Å². The number of methoxy groups -OCH3 is 1. The maximum atomic E-state index is 8.58. The standard InChI is InChI=1S/C21H27N3OS.C3H8.CH3NO/c1-4-5-6-13-22-24-21(23-19-11-8-12-20(15-19)25-3)26-16-18-10-7-9-17(2)14-18;1-3-2;2-1-3/h7-15H,4-6,16H2,1-3H3,(H,23,24);3H2,1-2H3;1H,(H2,2,3)/b22-13+;;. The van der Waals surface area contributed by atoms with Gasteiger partial charge in [0.25, 0.3) is 0 Å². The zero-order valence-corrected chi connectivity index (χ0v) is 20.8. The number of primary amides is 1. The van der Waals surface area contributed by atoms with Gasteiger partial charge in [0.15, 0.2) is 5.17 Å². The van der Waals surface area contributed by atoms with E-state index in [9.17, 15) is 0 Å². The highest BCUT2D eigenvalue weighted by Gasteiger charge is 2.03. The molecule has 0 aliphatic heterocycles. The summed E-state index contributed by atoms with van der Waals surface area (Å²) in [4.78, 5) is 13.3. The molecule has 176 valence electrons. The molecule has 2 aromatic rings. The van der Waals surface area contributed by atoms with Gasteiger partial charge in [-0.2, -0.15) is 5.10 Å². The third-order valence-corrected chi connectivity index (χ3v) is 4.61. The van der Waals surface area contributed by atoms with Crippen molar-refractivity contribution in [3.8, 4) is 5.75 Å². The fourth-order valence-electron chi connectivity index (χ4n) is 2.30. The van der Waals surface area contributed by atoms with Gasteiger partial charge in [-0.05, 0) is 37.5 Å². The fourth-order valence-corrected chi connectivity index (χ4v) is 3.07. The molecule has 32 heavy (non-hydrogen) atoms. The molecule has 0 atom stereocenters. The van der Waals surface area contributed by atoms with Crippen LogP contribution in [0.25, 0.3) is 0 Å². The molecule has 6 nitrogen and oxygen atoms in total. The van der Waals surface area contributed by atoms with E-state index in [4.69, 9.17) is 14.5 Å². The van der Waals surface area contributed by atoms with E-state index < -0.39 is 0 Å². The second-order valence-electron chi connectivity index (χ2n) is 6.81. The summed E-state index contributed by atoms with van der Waals surface area (Å²) in [6.45, 7) is 8.53. The molecule has 0 spiro atoms. The van der Waals surface area contributed by atoms with E-state index in [0.29, 0.717) is 0 Å². The Morgan fingerprint density at radius 2 is 1.84 bits per heavy atom. The SMILES string of the molecule is CCC.CCCC/C=N/NC(=Nc1cccc(OC)c1)SCc1cccc(C)c1.NC=O. The van der Waals surface area contributed by atoms with Crippen LogP contribution in [0, 0.1) is 6.92 Å². The number of nitrogens with one attached hydrogen (secondary N) is 1. The van der Waals surface area contributed by atoms with Crippen molar-refractivity contribution in [1.82, 2.24) is 5.43 Å². The van der Waals surface area contributed by atoms with Crippen molar-refractivity contribution in [3.05, 3.63) is 59.7 Å². The number of hydrazone groups is 1. The van der Waals surface area contributed by atoms with Crippen LogP contribution in [0.4, 0.5) is 5.69 Å². The number of rotatable bonds is 8. The lowest BCUT2D eigenvalue weighted by Crippen LogP contribution is -2.14. The number of ether oxygens (including phenoxy) is 1. The predicted octanol–water partition coefficient (Wildman–Crippen LogP) is 6.21. The third-order valence-electron chi connectivity index (χ3n) is 3.68. The molecular weight excluding hydrogens is 420 g/mol. The summed E-state index contributed by atoms with van der Waals surface area (Å²) >= 11 is 1.64. The normalized spacial score (nSPS) is 10.5. The van der Waals surface area contributed by atoms with Crippen molar-refractivity contribution in [2.24, 2.45) is 15.8 Å². The van der Waals surface area contributed by atoms with E-state index in [2.05, 4.69) is 68.2 Å². The van der Waals surface area contributed by atoms with Gasteiger partial charge in [0.05, 0.1) is 12.8 Å². The smallest absolute Gasteiger partial charge is 0.204 e. The maximum absolute atomic E-state index is 8.58. The first-order chi connectivity index (χ1) is 15.5. The number of thioether (sulfide) groups is 1. The second kappa shape index (κ2) is 20.1.